The van der Waals surface area contributed by atoms with E-state index in [-0.39, 0.29) is 24.3 Å². The van der Waals surface area contributed by atoms with E-state index in [0.29, 0.717) is 19.8 Å². The minimum atomic E-state index is 0.0382. The number of fused-ring (bicyclic) bond motifs is 1. The lowest BCUT2D eigenvalue weighted by molar-refractivity contribution is 0.0620. The van der Waals surface area contributed by atoms with Crippen LogP contribution in [0.1, 0.15) is 24.6 Å². The van der Waals surface area contributed by atoms with Crippen LogP contribution in [0, 0.1) is 5.92 Å². The number of ether oxygens (including phenoxy) is 3. The second-order valence-electron chi connectivity index (χ2n) is 7.41. The van der Waals surface area contributed by atoms with Crippen LogP contribution in [0.5, 0.6) is 5.75 Å². The van der Waals surface area contributed by atoms with Gasteiger partial charge in [0.2, 0.25) is 0 Å². The van der Waals surface area contributed by atoms with Gasteiger partial charge in [-0.15, -0.1) is 5.10 Å². The standard InChI is InChI=1S/C19H24N4O3/c1-2-4-15(5-3-1)24-10-14-9-23(22-21-14)17-12-26-18-16(11-25-19(17)18)20-8-13-6-7-13/h1-5,9,13,16-20H,6-8,10-12H2/t16-,17+,18-,19+/m0/s1. The molecule has 0 bridgehead atoms. The van der Waals surface area contributed by atoms with E-state index in [2.05, 4.69) is 15.6 Å². The molecule has 7 heteroatoms. The summed E-state index contributed by atoms with van der Waals surface area (Å²) in [5.41, 5.74) is 0.804. The SMILES string of the molecule is c1ccc(OCc2cn([C@@H]3CO[C@@H]4[C@@H]3OC[C@@H]4NCC3CC3)nn2)cc1. The number of hydrogen-bond acceptors (Lipinski definition) is 6. The molecular formula is C19H24N4O3. The fourth-order valence-corrected chi connectivity index (χ4v) is 3.74. The molecule has 0 radical (unpaired) electrons. The lowest BCUT2D eigenvalue weighted by Crippen LogP contribution is -2.41. The van der Waals surface area contributed by atoms with Gasteiger partial charge in [-0.25, -0.2) is 4.68 Å². The molecule has 0 amide bonds. The summed E-state index contributed by atoms with van der Waals surface area (Å²) in [5, 5.41) is 12.1. The van der Waals surface area contributed by atoms with Gasteiger partial charge in [0.1, 0.15) is 36.3 Å². The third-order valence-electron chi connectivity index (χ3n) is 5.42. The molecule has 3 aliphatic rings. The third-order valence-corrected chi connectivity index (χ3v) is 5.42. The maximum Gasteiger partial charge on any atom is 0.134 e. The lowest BCUT2D eigenvalue weighted by Gasteiger charge is -2.17. The zero-order valence-corrected chi connectivity index (χ0v) is 14.7. The first-order valence-corrected chi connectivity index (χ1v) is 9.42. The fraction of sp³-hybridized carbons (Fsp3) is 0.579. The Labute approximate surface area is 152 Å². The highest BCUT2D eigenvalue weighted by Gasteiger charge is 2.49. The number of para-hydroxylation sites is 1. The molecule has 26 heavy (non-hydrogen) atoms. The molecule has 1 aromatic heterocycles. The average Bonchev–Trinajstić information content (AvgIpc) is 3.07. The van der Waals surface area contributed by atoms with E-state index in [9.17, 15) is 0 Å². The molecule has 3 fully saturated rings. The van der Waals surface area contributed by atoms with Gasteiger partial charge in [0, 0.05) is 0 Å². The topological polar surface area (TPSA) is 70.4 Å². The number of aromatic nitrogens is 3. The van der Waals surface area contributed by atoms with Crippen molar-refractivity contribution in [2.75, 3.05) is 19.8 Å². The molecule has 5 rings (SSSR count). The van der Waals surface area contributed by atoms with Crippen molar-refractivity contribution in [1.82, 2.24) is 20.3 Å². The van der Waals surface area contributed by atoms with Crippen molar-refractivity contribution >= 4 is 0 Å². The third kappa shape index (κ3) is 3.34. The normalized spacial score (nSPS) is 30.5. The highest BCUT2D eigenvalue weighted by molar-refractivity contribution is 5.21. The molecule has 2 aliphatic heterocycles. The molecule has 4 atom stereocenters. The predicted molar refractivity (Wildman–Crippen MR) is 93.8 cm³/mol. The van der Waals surface area contributed by atoms with Crippen LogP contribution in [0.2, 0.25) is 0 Å². The quantitative estimate of drug-likeness (QED) is 0.812. The van der Waals surface area contributed by atoms with Crippen molar-refractivity contribution in [1.29, 1.82) is 0 Å². The highest BCUT2D eigenvalue weighted by atomic mass is 16.6. The average molecular weight is 356 g/mol. The summed E-state index contributed by atoms with van der Waals surface area (Å²) < 4.78 is 19.7. The van der Waals surface area contributed by atoms with E-state index in [1.807, 2.05) is 41.2 Å². The van der Waals surface area contributed by atoms with E-state index in [4.69, 9.17) is 14.2 Å². The minimum Gasteiger partial charge on any atom is -0.487 e. The molecule has 1 aromatic carbocycles. The molecule has 1 saturated carbocycles. The Hall–Kier alpha value is -1.96. The molecule has 1 N–H and O–H groups in total. The highest BCUT2D eigenvalue weighted by Crippen LogP contribution is 2.35. The molecule has 2 aromatic rings. The Bertz CT molecular complexity index is 733. The second kappa shape index (κ2) is 6.98. The summed E-state index contributed by atoms with van der Waals surface area (Å²) in [6.45, 7) is 2.80. The van der Waals surface area contributed by atoms with Crippen molar-refractivity contribution in [2.24, 2.45) is 5.92 Å². The van der Waals surface area contributed by atoms with Gasteiger partial charge < -0.3 is 19.5 Å². The van der Waals surface area contributed by atoms with Gasteiger partial charge >= 0.3 is 0 Å². The van der Waals surface area contributed by atoms with Crippen LogP contribution in [0.4, 0.5) is 0 Å². The molecule has 7 nitrogen and oxygen atoms in total. The van der Waals surface area contributed by atoms with Crippen LogP contribution >= 0.6 is 0 Å². The summed E-state index contributed by atoms with van der Waals surface area (Å²) in [6.07, 6.45) is 4.78. The van der Waals surface area contributed by atoms with Gasteiger partial charge in [-0.3, -0.25) is 0 Å². The van der Waals surface area contributed by atoms with Crippen molar-refractivity contribution in [3.63, 3.8) is 0 Å². The monoisotopic (exact) mass is 356 g/mol. The van der Waals surface area contributed by atoms with E-state index >= 15 is 0 Å². The molecule has 0 spiro atoms. The van der Waals surface area contributed by atoms with Crippen LogP contribution in [0.3, 0.4) is 0 Å². The molecule has 1 aliphatic carbocycles. The maximum atomic E-state index is 6.04. The van der Waals surface area contributed by atoms with Gasteiger partial charge in [-0.2, -0.15) is 0 Å². The first-order chi connectivity index (χ1) is 12.9. The zero-order valence-electron chi connectivity index (χ0n) is 14.7. The van der Waals surface area contributed by atoms with Crippen molar-refractivity contribution in [3.05, 3.63) is 42.2 Å². The van der Waals surface area contributed by atoms with Gasteiger partial charge in [-0.1, -0.05) is 23.4 Å². The smallest absolute Gasteiger partial charge is 0.134 e. The van der Waals surface area contributed by atoms with Crippen LogP contribution in [-0.4, -0.2) is 53.0 Å². The Morgan fingerprint density at radius 3 is 2.81 bits per heavy atom. The predicted octanol–water partition coefficient (Wildman–Crippen LogP) is 1.56. The summed E-state index contributed by atoms with van der Waals surface area (Å²) in [4.78, 5) is 0. The molecular weight excluding hydrogens is 332 g/mol. The Morgan fingerprint density at radius 2 is 1.96 bits per heavy atom. The summed E-state index contributed by atoms with van der Waals surface area (Å²) >= 11 is 0. The van der Waals surface area contributed by atoms with Gasteiger partial charge in [0.05, 0.1) is 25.5 Å². The van der Waals surface area contributed by atoms with Crippen LogP contribution < -0.4 is 10.1 Å². The Kier molecular flexibility index (Phi) is 4.36. The summed E-state index contributed by atoms with van der Waals surface area (Å²) in [7, 11) is 0. The minimum absolute atomic E-state index is 0.0382. The van der Waals surface area contributed by atoms with Crippen LogP contribution in [-0.2, 0) is 16.1 Å². The fourth-order valence-electron chi connectivity index (χ4n) is 3.74. The van der Waals surface area contributed by atoms with E-state index < -0.39 is 0 Å². The summed E-state index contributed by atoms with van der Waals surface area (Å²) in [6, 6.07) is 10.1. The maximum absolute atomic E-state index is 6.04. The van der Waals surface area contributed by atoms with Gasteiger partial charge in [-0.05, 0) is 37.4 Å². The number of nitrogens with one attached hydrogen (secondary N) is 1. The van der Waals surface area contributed by atoms with E-state index in [1.54, 1.807) is 0 Å². The largest absolute Gasteiger partial charge is 0.487 e. The van der Waals surface area contributed by atoms with Crippen molar-refractivity contribution in [3.8, 4) is 5.75 Å². The van der Waals surface area contributed by atoms with E-state index in [1.165, 1.54) is 12.8 Å². The first-order valence-electron chi connectivity index (χ1n) is 9.42. The molecule has 2 saturated heterocycles. The van der Waals surface area contributed by atoms with Crippen molar-refractivity contribution < 1.29 is 14.2 Å². The number of rotatable bonds is 7. The molecule has 0 unspecified atom stereocenters. The van der Waals surface area contributed by atoms with E-state index in [0.717, 1.165) is 23.9 Å². The molecule has 138 valence electrons. The number of nitrogens with zero attached hydrogens (tertiary/aromatic N) is 3. The lowest BCUT2D eigenvalue weighted by atomic mass is 10.1. The number of hydrogen-bond donors (Lipinski definition) is 1. The van der Waals surface area contributed by atoms with Crippen LogP contribution in [0.15, 0.2) is 36.5 Å². The second-order valence-corrected chi connectivity index (χ2v) is 7.41. The Balaban J connectivity index is 1.19. The van der Waals surface area contributed by atoms with Gasteiger partial charge in [0.15, 0.2) is 0 Å². The molecule has 3 heterocycles. The number of benzene rings is 1. The first kappa shape index (κ1) is 16.2. The van der Waals surface area contributed by atoms with Gasteiger partial charge in [0.25, 0.3) is 0 Å². The zero-order chi connectivity index (χ0) is 17.3. The summed E-state index contributed by atoms with van der Waals surface area (Å²) in [5.74, 6) is 1.68. The Morgan fingerprint density at radius 1 is 1.12 bits per heavy atom. The van der Waals surface area contributed by atoms with Crippen LogP contribution in [0.25, 0.3) is 0 Å². The van der Waals surface area contributed by atoms with Crippen molar-refractivity contribution in [2.45, 2.75) is 43.7 Å².